The molecule has 0 amide bonds. The first-order valence-corrected chi connectivity index (χ1v) is 7.57. The molecule has 2 unspecified atom stereocenters. The van der Waals surface area contributed by atoms with Gasteiger partial charge in [0.1, 0.15) is 6.10 Å². The minimum absolute atomic E-state index is 0.0362. The number of benzene rings is 1. The Morgan fingerprint density at radius 1 is 1.25 bits per heavy atom. The van der Waals surface area contributed by atoms with Crippen LogP contribution in [0, 0.1) is 0 Å². The van der Waals surface area contributed by atoms with E-state index in [4.69, 9.17) is 9.47 Å². The van der Waals surface area contributed by atoms with Gasteiger partial charge < -0.3 is 14.8 Å². The Kier molecular flexibility index (Phi) is 6.09. The van der Waals surface area contributed by atoms with Crippen molar-refractivity contribution >= 4 is 0 Å². The van der Waals surface area contributed by atoms with Crippen LogP contribution in [-0.2, 0) is 9.47 Å². The highest BCUT2D eigenvalue weighted by atomic mass is 16.5. The predicted molar refractivity (Wildman–Crippen MR) is 81.5 cm³/mol. The summed E-state index contributed by atoms with van der Waals surface area (Å²) in [7, 11) is 0. The van der Waals surface area contributed by atoms with Gasteiger partial charge in [-0.2, -0.15) is 0 Å². The van der Waals surface area contributed by atoms with Gasteiger partial charge in [-0.25, -0.2) is 0 Å². The van der Waals surface area contributed by atoms with Crippen molar-refractivity contribution in [3.05, 3.63) is 47.7 Å². The molecule has 0 aromatic heterocycles. The molecule has 3 nitrogen and oxygen atoms in total. The maximum Gasteiger partial charge on any atom is 0.102 e. The summed E-state index contributed by atoms with van der Waals surface area (Å²) in [5.74, 6) is 0. The van der Waals surface area contributed by atoms with E-state index in [1.807, 2.05) is 19.3 Å². The monoisotopic (exact) mass is 275 g/mol. The second-order valence-electron chi connectivity index (χ2n) is 4.99. The smallest absolute Gasteiger partial charge is 0.102 e. The molecule has 1 aliphatic heterocycles. The highest BCUT2D eigenvalue weighted by Crippen LogP contribution is 2.29. The summed E-state index contributed by atoms with van der Waals surface area (Å²) in [5, 5.41) is 3.56. The number of hydrogen-bond acceptors (Lipinski definition) is 3. The lowest BCUT2D eigenvalue weighted by Gasteiger charge is -2.31. The second kappa shape index (κ2) is 8.08. The Hall–Kier alpha value is -1.32. The predicted octanol–water partition coefficient (Wildman–Crippen LogP) is 3.44. The van der Waals surface area contributed by atoms with Crippen LogP contribution < -0.4 is 5.32 Å². The van der Waals surface area contributed by atoms with Crippen molar-refractivity contribution < 1.29 is 9.47 Å². The standard InChI is InChI=1S/C17H25NO2/c1-3-18-16(15-11-8-12-19-13-15)17(20-4-2)14-9-6-5-7-10-14/h5-7,9-10,13,16-18H,3-4,8,11-12H2,1-2H3. The van der Waals surface area contributed by atoms with Gasteiger partial charge in [-0.05, 0) is 37.4 Å². The molecular weight excluding hydrogens is 250 g/mol. The maximum atomic E-state index is 6.04. The van der Waals surface area contributed by atoms with Gasteiger partial charge in [0.15, 0.2) is 0 Å². The summed E-state index contributed by atoms with van der Waals surface area (Å²) in [5.41, 5.74) is 2.52. The molecule has 0 aliphatic carbocycles. The molecule has 0 saturated heterocycles. The van der Waals surface area contributed by atoms with E-state index in [-0.39, 0.29) is 12.1 Å². The van der Waals surface area contributed by atoms with E-state index in [2.05, 4.69) is 36.5 Å². The van der Waals surface area contributed by atoms with Crippen molar-refractivity contribution in [3.8, 4) is 0 Å². The van der Waals surface area contributed by atoms with E-state index in [0.717, 1.165) is 26.0 Å². The van der Waals surface area contributed by atoms with Crippen LogP contribution in [0.3, 0.4) is 0 Å². The van der Waals surface area contributed by atoms with E-state index in [0.29, 0.717) is 6.61 Å². The van der Waals surface area contributed by atoms with Crippen LogP contribution in [0.2, 0.25) is 0 Å². The summed E-state index contributed by atoms with van der Waals surface area (Å²) in [6.07, 6.45) is 4.12. The molecule has 1 aromatic rings. The minimum Gasteiger partial charge on any atom is -0.501 e. The summed E-state index contributed by atoms with van der Waals surface area (Å²) in [6.45, 7) is 6.62. The van der Waals surface area contributed by atoms with Crippen LogP contribution in [0.1, 0.15) is 38.4 Å². The van der Waals surface area contributed by atoms with Crippen LogP contribution in [-0.4, -0.2) is 25.8 Å². The average Bonchev–Trinajstić information content (AvgIpc) is 2.52. The van der Waals surface area contributed by atoms with Crippen molar-refractivity contribution in [3.63, 3.8) is 0 Å². The number of hydrogen-bond donors (Lipinski definition) is 1. The number of likely N-dealkylation sites (N-methyl/N-ethyl adjacent to an activating group) is 1. The first-order chi connectivity index (χ1) is 9.86. The topological polar surface area (TPSA) is 30.5 Å². The molecule has 0 bridgehead atoms. The number of ether oxygens (including phenoxy) is 2. The Balaban J connectivity index is 2.24. The zero-order valence-corrected chi connectivity index (χ0v) is 12.5. The van der Waals surface area contributed by atoms with E-state index in [9.17, 15) is 0 Å². The molecule has 1 aromatic carbocycles. The van der Waals surface area contributed by atoms with Crippen molar-refractivity contribution in [1.29, 1.82) is 0 Å². The molecule has 0 saturated carbocycles. The second-order valence-corrected chi connectivity index (χ2v) is 4.99. The molecule has 20 heavy (non-hydrogen) atoms. The molecule has 3 heteroatoms. The van der Waals surface area contributed by atoms with E-state index >= 15 is 0 Å². The third-order valence-corrected chi connectivity index (χ3v) is 3.56. The van der Waals surface area contributed by atoms with E-state index < -0.39 is 0 Å². The molecular formula is C17H25NO2. The summed E-state index contributed by atoms with van der Waals surface area (Å²) in [6, 6.07) is 10.6. The van der Waals surface area contributed by atoms with Gasteiger partial charge in [-0.1, -0.05) is 37.3 Å². The Morgan fingerprint density at radius 3 is 2.65 bits per heavy atom. The molecule has 1 heterocycles. The van der Waals surface area contributed by atoms with Gasteiger partial charge >= 0.3 is 0 Å². The Morgan fingerprint density at radius 2 is 2.05 bits per heavy atom. The lowest BCUT2D eigenvalue weighted by molar-refractivity contribution is 0.0394. The van der Waals surface area contributed by atoms with Crippen LogP contribution in [0.4, 0.5) is 0 Å². The van der Waals surface area contributed by atoms with Gasteiger partial charge in [0, 0.05) is 6.61 Å². The Bertz CT molecular complexity index is 416. The van der Waals surface area contributed by atoms with Crippen LogP contribution >= 0.6 is 0 Å². The van der Waals surface area contributed by atoms with Crippen molar-refractivity contribution in [2.24, 2.45) is 0 Å². The largest absolute Gasteiger partial charge is 0.501 e. The fraction of sp³-hybridized carbons (Fsp3) is 0.529. The van der Waals surface area contributed by atoms with Gasteiger partial charge in [0.05, 0.1) is 18.9 Å². The van der Waals surface area contributed by atoms with E-state index in [1.54, 1.807) is 0 Å². The lowest BCUT2D eigenvalue weighted by Crippen LogP contribution is -2.38. The third kappa shape index (κ3) is 3.84. The molecule has 0 radical (unpaired) electrons. The molecule has 2 rings (SSSR count). The zero-order valence-electron chi connectivity index (χ0n) is 12.5. The fourth-order valence-corrected chi connectivity index (χ4v) is 2.67. The van der Waals surface area contributed by atoms with Crippen molar-refractivity contribution in [2.75, 3.05) is 19.8 Å². The quantitative estimate of drug-likeness (QED) is 0.827. The van der Waals surface area contributed by atoms with Crippen molar-refractivity contribution in [2.45, 2.75) is 38.8 Å². The summed E-state index contributed by atoms with van der Waals surface area (Å²) in [4.78, 5) is 0. The highest BCUT2D eigenvalue weighted by Gasteiger charge is 2.27. The third-order valence-electron chi connectivity index (χ3n) is 3.56. The van der Waals surface area contributed by atoms with Crippen LogP contribution in [0.25, 0.3) is 0 Å². The number of nitrogens with one attached hydrogen (secondary N) is 1. The van der Waals surface area contributed by atoms with Crippen LogP contribution in [0.15, 0.2) is 42.2 Å². The Labute approximate surface area is 122 Å². The maximum absolute atomic E-state index is 6.04. The van der Waals surface area contributed by atoms with E-state index in [1.165, 1.54) is 11.1 Å². The normalized spacial score (nSPS) is 18.0. The van der Waals surface area contributed by atoms with Gasteiger partial charge in [0.25, 0.3) is 0 Å². The average molecular weight is 275 g/mol. The van der Waals surface area contributed by atoms with Gasteiger partial charge in [-0.3, -0.25) is 0 Å². The van der Waals surface area contributed by atoms with Crippen LogP contribution in [0.5, 0.6) is 0 Å². The SMILES string of the molecule is CCNC(C1=COCCC1)C(OCC)c1ccccc1. The fourth-order valence-electron chi connectivity index (χ4n) is 2.67. The van der Waals surface area contributed by atoms with Gasteiger partial charge in [0.2, 0.25) is 0 Å². The minimum atomic E-state index is 0.0362. The molecule has 110 valence electrons. The molecule has 0 fully saturated rings. The first kappa shape index (κ1) is 15.1. The molecule has 2 atom stereocenters. The lowest BCUT2D eigenvalue weighted by atomic mass is 9.92. The molecule has 0 spiro atoms. The molecule has 1 N–H and O–H groups in total. The summed E-state index contributed by atoms with van der Waals surface area (Å²) < 4.78 is 11.6. The van der Waals surface area contributed by atoms with Crippen molar-refractivity contribution in [1.82, 2.24) is 5.32 Å². The number of rotatable bonds is 7. The zero-order chi connectivity index (χ0) is 14.2. The van der Waals surface area contributed by atoms with Gasteiger partial charge in [-0.15, -0.1) is 0 Å². The highest BCUT2D eigenvalue weighted by molar-refractivity contribution is 5.24. The molecule has 1 aliphatic rings. The first-order valence-electron chi connectivity index (χ1n) is 7.57. The summed E-state index contributed by atoms with van der Waals surface area (Å²) >= 11 is 0.